The highest BCUT2D eigenvalue weighted by molar-refractivity contribution is 9.09. The van der Waals surface area contributed by atoms with Crippen LogP contribution in [0.2, 0.25) is 0 Å². The fourth-order valence-electron chi connectivity index (χ4n) is 1.99. The normalized spacial score (nSPS) is 24.6. The Morgan fingerprint density at radius 2 is 2.14 bits per heavy atom. The molecule has 2 atom stereocenters. The lowest BCUT2D eigenvalue weighted by molar-refractivity contribution is 0.563. The third-order valence-corrected chi connectivity index (χ3v) is 3.53. The van der Waals surface area contributed by atoms with Crippen molar-refractivity contribution in [2.45, 2.75) is 17.3 Å². The fraction of sp³-hybridized carbons (Fsp3) is 0.333. The molecular weight excluding hydrogens is 238 g/mol. The first-order valence-corrected chi connectivity index (χ1v) is 5.81. The Kier molecular flexibility index (Phi) is 3.04. The van der Waals surface area contributed by atoms with Gasteiger partial charge in [-0.1, -0.05) is 46.3 Å². The molecule has 14 heavy (non-hydrogen) atoms. The first-order chi connectivity index (χ1) is 6.83. The number of hydrogen-bond donors (Lipinski definition) is 1. The van der Waals surface area contributed by atoms with Crippen molar-refractivity contribution in [3.8, 4) is 0 Å². The number of alkyl halides is 1. The Hall–Kier alpha value is -0.600. The largest absolute Gasteiger partial charge is 0.306 e. The summed E-state index contributed by atoms with van der Waals surface area (Å²) in [7, 11) is 0. The minimum absolute atomic E-state index is 0.480. The zero-order valence-corrected chi connectivity index (χ0v) is 9.63. The highest BCUT2D eigenvalue weighted by atomic mass is 79.9. The molecule has 74 valence electrons. The number of halogens is 1. The molecule has 1 unspecified atom stereocenters. The number of hydrogen-bond acceptors (Lipinski definition) is 1. The molecule has 0 saturated carbocycles. The van der Waals surface area contributed by atoms with Crippen molar-refractivity contribution in [1.82, 2.24) is 5.32 Å². The van der Waals surface area contributed by atoms with Crippen molar-refractivity contribution in [2.75, 3.05) is 6.54 Å². The summed E-state index contributed by atoms with van der Waals surface area (Å²) < 4.78 is 0. The van der Waals surface area contributed by atoms with Crippen molar-refractivity contribution >= 4 is 15.9 Å². The van der Waals surface area contributed by atoms with E-state index in [1.165, 1.54) is 11.1 Å². The minimum Gasteiger partial charge on any atom is -0.306 e. The van der Waals surface area contributed by atoms with Gasteiger partial charge < -0.3 is 5.32 Å². The Morgan fingerprint density at radius 1 is 1.43 bits per heavy atom. The van der Waals surface area contributed by atoms with Crippen LogP contribution < -0.4 is 5.32 Å². The van der Waals surface area contributed by atoms with E-state index in [1.54, 1.807) is 0 Å². The predicted molar refractivity (Wildman–Crippen MR) is 63.7 cm³/mol. The Bertz CT molecular complexity index is 335. The number of benzene rings is 1. The second kappa shape index (κ2) is 4.28. The molecule has 0 aliphatic heterocycles. The third-order valence-electron chi connectivity index (χ3n) is 2.66. The molecule has 0 bridgehead atoms. The van der Waals surface area contributed by atoms with Crippen molar-refractivity contribution < 1.29 is 0 Å². The second-order valence-electron chi connectivity index (χ2n) is 3.58. The average molecular weight is 252 g/mol. The van der Waals surface area contributed by atoms with Gasteiger partial charge in [0, 0.05) is 17.4 Å². The van der Waals surface area contributed by atoms with Crippen LogP contribution in [0, 0.1) is 0 Å². The molecule has 1 aromatic rings. The summed E-state index contributed by atoms with van der Waals surface area (Å²) in [6.45, 7) is 4.60. The molecule has 1 aromatic carbocycles. The van der Waals surface area contributed by atoms with E-state index in [9.17, 15) is 0 Å². The van der Waals surface area contributed by atoms with Crippen LogP contribution in [-0.4, -0.2) is 6.54 Å². The molecule has 1 aliphatic rings. The van der Waals surface area contributed by atoms with E-state index in [0.717, 1.165) is 13.0 Å². The Labute approximate surface area is 93.3 Å². The van der Waals surface area contributed by atoms with E-state index in [2.05, 4.69) is 52.1 Å². The lowest BCUT2D eigenvalue weighted by Crippen LogP contribution is -2.18. The maximum atomic E-state index is 3.72. The molecule has 0 spiro atoms. The van der Waals surface area contributed by atoms with E-state index in [1.807, 2.05) is 6.08 Å². The summed E-state index contributed by atoms with van der Waals surface area (Å²) in [4.78, 5) is 0.501. The van der Waals surface area contributed by atoms with Crippen molar-refractivity contribution in [2.24, 2.45) is 0 Å². The summed E-state index contributed by atoms with van der Waals surface area (Å²) in [5.41, 5.74) is 2.85. The lowest BCUT2D eigenvalue weighted by atomic mass is 10.1. The van der Waals surface area contributed by atoms with Crippen molar-refractivity contribution in [1.29, 1.82) is 0 Å². The van der Waals surface area contributed by atoms with Crippen LogP contribution in [0.25, 0.3) is 0 Å². The van der Waals surface area contributed by atoms with Gasteiger partial charge in [-0.05, 0) is 17.5 Å². The van der Waals surface area contributed by atoms with Gasteiger partial charge in [0.25, 0.3) is 0 Å². The Morgan fingerprint density at radius 3 is 2.86 bits per heavy atom. The van der Waals surface area contributed by atoms with Crippen LogP contribution in [0.1, 0.15) is 28.4 Å². The molecule has 2 rings (SSSR count). The molecule has 0 amide bonds. The first kappa shape index (κ1) is 9.94. The molecule has 2 heteroatoms. The van der Waals surface area contributed by atoms with Gasteiger partial charge in [-0.2, -0.15) is 0 Å². The van der Waals surface area contributed by atoms with Gasteiger partial charge in [0.1, 0.15) is 0 Å². The second-order valence-corrected chi connectivity index (χ2v) is 4.69. The predicted octanol–water partition coefficient (Wildman–Crippen LogP) is 3.34. The first-order valence-electron chi connectivity index (χ1n) is 4.90. The number of rotatable bonds is 3. The topological polar surface area (TPSA) is 12.0 Å². The molecule has 0 saturated heterocycles. The van der Waals surface area contributed by atoms with Gasteiger partial charge in [0.05, 0.1) is 0 Å². The van der Waals surface area contributed by atoms with Gasteiger partial charge in [0.15, 0.2) is 0 Å². The fourth-order valence-corrected chi connectivity index (χ4v) is 2.78. The van der Waals surface area contributed by atoms with Crippen LogP contribution in [-0.2, 0) is 0 Å². The average Bonchev–Trinajstić information content (AvgIpc) is 2.54. The van der Waals surface area contributed by atoms with E-state index < -0.39 is 0 Å². The van der Waals surface area contributed by atoms with Gasteiger partial charge in [-0.3, -0.25) is 0 Å². The molecule has 1 aliphatic carbocycles. The Balaban J connectivity index is 2.21. The number of nitrogens with one attached hydrogen (secondary N) is 1. The van der Waals surface area contributed by atoms with E-state index in [0.29, 0.717) is 10.9 Å². The molecule has 0 fully saturated rings. The van der Waals surface area contributed by atoms with Crippen LogP contribution in [0.4, 0.5) is 0 Å². The third kappa shape index (κ3) is 1.77. The van der Waals surface area contributed by atoms with Crippen LogP contribution in [0.3, 0.4) is 0 Å². The summed E-state index contributed by atoms with van der Waals surface area (Å²) in [6, 6.07) is 9.09. The molecule has 0 heterocycles. The van der Waals surface area contributed by atoms with E-state index in [4.69, 9.17) is 0 Å². The molecule has 0 aromatic heterocycles. The van der Waals surface area contributed by atoms with Gasteiger partial charge in [-0.15, -0.1) is 6.58 Å². The monoisotopic (exact) mass is 251 g/mol. The maximum Gasteiger partial charge on any atom is 0.0416 e. The van der Waals surface area contributed by atoms with Gasteiger partial charge in [0.2, 0.25) is 0 Å². The van der Waals surface area contributed by atoms with Crippen LogP contribution in [0.15, 0.2) is 36.9 Å². The van der Waals surface area contributed by atoms with Crippen LogP contribution >= 0.6 is 15.9 Å². The van der Waals surface area contributed by atoms with Crippen molar-refractivity contribution in [3.05, 3.63) is 48.0 Å². The van der Waals surface area contributed by atoms with E-state index in [-0.39, 0.29) is 0 Å². The van der Waals surface area contributed by atoms with Gasteiger partial charge >= 0.3 is 0 Å². The lowest BCUT2D eigenvalue weighted by Gasteiger charge is -2.11. The zero-order chi connectivity index (χ0) is 9.97. The highest BCUT2D eigenvalue weighted by Gasteiger charge is 2.27. The van der Waals surface area contributed by atoms with E-state index >= 15 is 0 Å². The van der Waals surface area contributed by atoms with Gasteiger partial charge in [-0.25, -0.2) is 0 Å². The summed E-state index contributed by atoms with van der Waals surface area (Å²) in [6.07, 6.45) is 3.04. The smallest absolute Gasteiger partial charge is 0.0416 e. The van der Waals surface area contributed by atoms with Crippen molar-refractivity contribution in [3.63, 3.8) is 0 Å². The maximum absolute atomic E-state index is 3.72. The molecule has 1 nitrogen and oxygen atoms in total. The molecular formula is C12H14BrN. The molecule has 1 N–H and O–H groups in total. The quantitative estimate of drug-likeness (QED) is 0.642. The van der Waals surface area contributed by atoms with Crippen LogP contribution in [0.5, 0.6) is 0 Å². The number of fused-ring (bicyclic) bond motifs is 1. The molecule has 0 radical (unpaired) electrons. The highest BCUT2D eigenvalue weighted by Crippen LogP contribution is 2.43. The summed E-state index contributed by atoms with van der Waals surface area (Å²) in [5, 5.41) is 3.47. The minimum atomic E-state index is 0.480. The standard InChI is InChI=1S/C12H14BrN/c1-2-7-14-12-8-11(13)9-5-3-4-6-10(9)12/h2-6,11-12,14H,1,7-8H2/t11?,12-/m1/s1. The summed E-state index contributed by atoms with van der Waals surface area (Å²) in [5.74, 6) is 0. The zero-order valence-electron chi connectivity index (χ0n) is 8.04. The SMILES string of the molecule is C=CCN[C@@H]1CC(Br)c2ccccc21. The summed E-state index contributed by atoms with van der Waals surface area (Å²) >= 11 is 3.70.